The van der Waals surface area contributed by atoms with Crippen LogP contribution in [0.4, 0.5) is 0 Å². The highest BCUT2D eigenvalue weighted by molar-refractivity contribution is 7.92. The minimum atomic E-state index is -3.48. The van der Waals surface area contributed by atoms with Crippen LogP contribution in [0.1, 0.15) is 25.3 Å². The number of piperidine rings is 1. The summed E-state index contributed by atoms with van der Waals surface area (Å²) >= 11 is 0. The van der Waals surface area contributed by atoms with E-state index in [0.717, 1.165) is 11.3 Å². The van der Waals surface area contributed by atoms with Crippen LogP contribution in [0, 0.1) is 0 Å². The van der Waals surface area contributed by atoms with Gasteiger partial charge in [-0.1, -0.05) is 12.1 Å². The summed E-state index contributed by atoms with van der Waals surface area (Å²) in [7, 11) is -2.06. The van der Waals surface area contributed by atoms with E-state index in [1.807, 2.05) is 31.2 Å². The number of amides is 2. The topological polar surface area (TPSA) is 92.8 Å². The molecule has 26 heavy (non-hydrogen) atoms. The molecule has 0 radical (unpaired) electrons. The summed E-state index contributed by atoms with van der Waals surface area (Å²) < 4.78 is 29.8. The molecule has 1 fully saturated rings. The number of sulfone groups is 1. The molecule has 0 unspecified atom stereocenters. The second kappa shape index (κ2) is 9.02. The number of hydrogen-bond donors (Lipinski definition) is 1. The van der Waals surface area contributed by atoms with Gasteiger partial charge in [0.15, 0.2) is 9.84 Å². The molecule has 1 aliphatic rings. The zero-order valence-corrected chi connectivity index (χ0v) is 16.0. The molecule has 0 aromatic heterocycles. The summed E-state index contributed by atoms with van der Waals surface area (Å²) in [4.78, 5) is 25.5. The molecule has 0 atom stereocenters. The monoisotopic (exact) mass is 382 g/mol. The molecule has 0 bridgehead atoms. The molecular weight excluding hydrogens is 356 g/mol. The van der Waals surface area contributed by atoms with Crippen molar-refractivity contribution in [3.05, 3.63) is 29.8 Å². The van der Waals surface area contributed by atoms with Crippen LogP contribution in [-0.4, -0.2) is 62.9 Å². The molecule has 144 valence electrons. The van der Waals surface area contributed by atoms with Gasteiger partial charge in [0.1, 0.15) is 11.5 Å². The molecule has 0 aliphatic carbocycles. The average molecular weight is 382 g/mol. The van der Waals surface area contributed by atoms with Crippen molar-refractivity contribution in [1.29, 1.82) is 0 Å². The first kappa shape index (κ1) is 20.2. The molecule has 1 aromatic rings. The Morgan fingerprint density at radius 2 is 1.81 bits per heavy atom. The number of hydrogen-bond acceptors (Lipinski definition) is 5. The molecule has 1 N–H and O–H groups in total. The first-order valence-corrected chi connectivity index (χ1v) is 10.5. The summed E-state index contributed by atoms with van der Waals surface area (Å²) in [6.45, 7) is 3.30. The van der Waals surface area contributed by atoms with Gasteiger partial charge in [-0.25, -0.2) is 8.42 Å². The normalized spacial score (nSPS) is 15.5. The van der Waals surface area contributed by atoms with E-state index in [-0.39, 0.29) is 12.3 Å². The standard InChI is InChI=1S/C18H26N2O5S/c1-3-25-15-6-4-14(5-7-15)12-18(22)20-10-8-16(9-11-20)26(23,24)13-17(21)19-2/h4-7,16H,3,8-13H2,1-2H3,(H,19,21). The van der Waals surface area contributed by atoms with E-state index >= 15 is 0 Å². The minimum absolute atomic E-state index is 0.0173. The molecule has 8 heteroatoms. The largest absolute Gasteiger partial charge is 0.494 e. The Kier molecular flexibility index (Phi) is 7.02. The van der Waals surface area contributed by atoms with Gasteiger partial charge in [0, 0.05) is 20.1 Å². The van der Waals surface area contributed by atoms with Crippen LogP contribution in [0.2, 0.25) is 0 Å². The highest BCUT2D eigenvalue weighted by Crippen LogP contribution is 2.20. The number of ether oxygens (including phenoxy) is 1. The quantitative estimate of drug-likeness (QED) is 0.752. The SMILES string of the molecule is CCOc1ccc(CC(=O)N2CCC(S(=O)(=O)CC(=O)NC)CC2)cc1. The fraction of sp³-hybridized carbons (Fsp3) is 0.556. The summed E-state index contributed by atoms with van der Waals surface area (Å²) in [6.07, 6.45) is 1.02. The van der Waals surface area contributed by atoms with Crippen LogP contribution in [0.3, 0.4) is 0 Å². The second-order valence-electron chi connectivity index (χ2n) is 6.31. The number of rotatable bonds is 7. The van der Waals surface area contributed by atoms with Gasteiger partial charge in [-0.3, -0.25) is 9.59 Å². The number of carbonyl (C=O) groups excluding carboxylic acids is 2. The third kappa shape index (κ3) is 5.45. The van der Waals surface area contributed by atoms with E-state index in [9.17, 15) is 18.0 Å². The number of nitrogens with zero attached hydrogens (tertiary/aromatic N) is 1. The summed E-state index contributed by atoms with van der Waals surface area (Å²) in [5.41, 5.74) is 0.896. The van der Waals surface area contributed by atoms with Crippen LogP contribution >= 0.6 is 0 Å². The summed E-state index contributed by atoms with van der Waals surface area (Å²) in [5, 5.41) is 1.77. The zero-order valence-electron chi connectivity index (χ0n) is 15.2. The van der Waals surface area contributed by atoms with Gasteiger partial charge in [-0.15, -0.1) is 0 Å². The maximum absolute atomic E-state index is 12.4. The third-order valence-electron chi connectivity index (χ3n) is 4.50. The van der Waals surface area contributed by atoms with Gasteiger partial charge in [-0.2, -0.15) is 0 Å². The average Bonchev–Trinajstić information content (AvgIpc) is 2.63. The fourth-order valence-electron chi connectivity index (χ4n) is 2.99. The van der Waals surface area contributed by atoms with Crippen molar-refractivity contribution in [2.45, 2.75) is 31.4 Å². The fourth-order valence-corrected chi connectivity index (χ4v) is 4.67. The van der Waals surface area contributed by atoms with Crippen molar-refractivity contribution in [1.82, 2.24) is 10.2 Å². The van der Waals surface area contributed by atoms with Gasteiger partial charge < -0.3 is 15.0 Å². The Hall–Kier alpha value is -2.09. The first-order valence-electron chi connectivity index (χ1n) is 8.77. The van der Waals surface area contributed by atoms with E-state index in [1.165, 1.54) is 7.05 Å². The van der Waals surface area contributed by atoms with Crippen molar-refractivity contribution in [3.8, 4) is 5.75 Å². The van der Waals surface area contributed by atoms with Crippen molar-refractivity contribution < 1.29 is 22.7 Å². The molecule has 1 saturated heterocycles. The molecule has 0 saturated carbocycles. The molecular formula is C18H26N2O5S. The number of nitrogens with one attached hydrogen (secondary N) is 1. The van der Waals surface area contributed by atoms with Gasteiger partial charge in [0.2, 0.25) is 11.8 Å². The third-order valence-corrected chi connectivity index (χ3v) is 6.66. The Balaban J connectivity index is 1.87. The predicted octanol–water partition coefficient (Wildman–Crippen LogP) is 0.780. The predicted molar refractivity (Wildman–Crippen MR) is 98.8 cm³/mol. The molecule has 7 nitrogen and oxygen atoms in total. The van der Waals surface area contributed by atoms with Gasteiger partial charge in [0.25, 0.3) is 0 Å². The Bertz CT molecular complexity index is 722. The van der Waals surface area contributed by atoms with Crippen LogP contribution in [0.15, 0.2) is 24.3 Å². The lowest BCUT2D eigenvalue weighted by molar-refractivity contribution is -0.131. The maximum Gasteiger partial charge on any atom is 0.234 e. The van der Waals surface area contributed by atoms with Crippen LogP contribution in [0.25, 0.3) is 0 Å². The molecule has 1 heterocycles. The molecule has 2 rings (SSSR count). The number of likely N-dealkylation sites (tertiary alicyclic amines) is 1. The smallest absolute Gasteiger partial charge is 0.234 e. The van der Waals surface area contributed by atoms with Crippen LogP contribution < -0.4 is 10.1 Å². The second-order valence-corrected chi connectivity index (χ2v) is 8.60. The summed E-state index contributed by atoms with van der Waals surface area (Å²) in [6, 6.07) is 7.40. The van der Waals surface area contributed by atoms with E-state index in [4.69, 9.17) is 4.74 Å². The van der Waals surface area contributed by atoms with E-state index < -0.39 is 26.7 Å². The zero-order chi connectivity index (χ0) is 19.2. The molecule has 0 spiro atoms. The van der Waals surface area contributed by atoms with Crippen molar-refractivity contribution in [2.24, 2.45) is 0 Å². The van der Waals surface area contributed by atoms with Crippen molar-refractivity contribution in [2.75, 3.05) is 32.5 Å². The Morgan fingerprint density at radius 3 is 2.35 bits per heavy atom. The number of benzene rings is 1. The summed E-state index contributed by atoms with van der Waals surface area (Å²) in [5.74, 6) is -0.241. The highest BCUT2D eigenvalue weighted by Gasteiger charge is 2.32. The lowest BCUT2D eigenvalue weighted by Gasteiger charge is -2.31. The van der Waals surface area contributed by atoms with Crippen molar-refractivity contribution in [3.63, 3.8) is 0 Å². The Labute approximate surface area is 154 Å². The minimum Gasteiger partial charge on any atom is -0.494 e. The van der Waals surface area contributed by atoms with E-state index in [0.29, 0.717) is 32.5 Å². The Morgan fingerprint density at radius 1 is 1.19 bits per heavy atom. The van der Waals surface area contributed by atoms with E-state index in [1.54, 1.807) is 4.90 Å². The lowest BCUT2D eigenvalue weighted by atomic mass is 10.1. The molecule has 1 aliphatic heterocycles. The maximum atomic E-state index is 12.4. The van der Waals surface area contributed by atoms with Gasteiger partial charge in [0.05, 0.1) is 18.3 Å². The van der Waals surface area contributed by atoms with Crippen LogP contribution in [0.5, 0.6) is 5.75 Å². The van der Waals surface area contributed by atoms with Gasteiger partial charge in [-0.05, 0) is 37.5 Å². The van der Waals surface area contributed by atoms with Crippen molar-refractivity contribution >= 4 is 21.7 Å². The first-order chi connectivity index (χ1) is 12.4. The van der Waals surface area contributed by atoms with E-state index in [2.05, 4.69) is 5.32 Å². The molecule has 2 amide bonds. The lowest BCUT2D eigenvalue weighted by Crippen LogP contribution is -2.44. The van der Waals surface area contributed by atoms with Gasteiger partial charge >= 0.3 is 0 Å². The van der Waals surface area contributed by atoms with Crippen LogP contribution in [-0.2, 0) is 25.8 Å². The highest BCUT2D eigenvalue weighted by atomic mass is 32.2. The number of carbonyl (C=O) groups is 2. The molecule has 1 aromatic carbocycles.